The summed E-state index contributed by atoms with van der Waals surface area (Å²) in [5.74, 6) is 0.0463. The maximum absolute atomic E-state index is 10.2. The molecule has 0 aliphatic rings. The van der Waals surface area contributed by atoms with E-state index in [9.17, 15) is 4.79 Å². The predicted molar refractivity (Wildman–Crippen MR) is 65.0 cm³/mol. The summed E-state index contributed by atoms with van der Waals surface area (Å²) in [6, 6.07) is 5.32. The zero-order valence-corrected chi connectivity index (χ0v) is 10.1. The molecule has 3 nitrogen and oxygen atoms in total. The summed E-state index contributed by atoms with van der Waals surface area (Å²) in [7, 11) is 0. The molecule has 5 heteroatoms. The van der Waals surface area contributed by atoms with Crippen LogP contribution in [-0.4, -0.2) is 24.7 Å². The fourth-order valence-corrected chi connectivity index (χ4v) is 1.81. The second-order valence-electron chi connectivity index (χ2n) is 3.41. The molecular weight excluding hydrogens is 249 g/mol. The van der Waals surface area contributed by atoms with E-state index in [-0.39, 0.29) is 12.5 Å². The summed E-state index contributed by atoms with van der Waals surface area (Å²) in [4.78, 5) is 10.2. The Labute approximate surface area is 104 Å². The standard InChI is InChI=1S/C11H13Cl2NO2/c12-10-2-1-8(5-11(10)13)9(3-4-15)6-14-7-16/h1-2,5,7,9,15H,3-4,6H2,(H,14,16)/t9-/m1/s1. The molecule has 0 bridgehead atoms. The van der Waals surface area contributed by atoms with Crippen molar-refractivity contribution in [3.8, 4) is 0 Å². The minimum atomic E-state index is 0.0463. The summed E-state index contributed by atoms with van der Waals surface area (Å²) in [5.41, 5.74) is 0.956. The summed E-state index contributed by atoms with van der Waals surface area (Å²) < 4.78 is 0. The second kappa shape index (κ2) is 6.74. The van der Waals surface area contributed by atoms with Crippen molar-refractivity contribution in [2.75, 3.05) is 13.2 Å². The van der Waals surface area contributed by atoms with E-state index in [0.29, 0.717) is 29.4 Å². The highest BCUT2D eigenvalue weighted by atomic mass is 35.5. The molecule has 0 radical (unpaired) electrons. The third-order valence-corrected chi connectivity index (χ3v) is 3.08. The Kier molecular flexibility index (Phi) is 5.60. The highest BCUT2D eigenvalue weighted by Crippen LogP contribution is 2.27. The monoisotopic (exact) mass is 261 g/mol. The minimum Gasteiger partial charge on any atom is -0.396 e. The largest absolute Gasteiger partial charge is 0.396 e. The molecule has 1 aromatic carbocycles. The van der Waals surface area contributed by atoms with Gasteiger partial charge >= 0.3 is 0 Å². The average molecular weight is 262 g/mol. The lowest BCUT2D eigenvalue weighted by Gasteiger charge is -2.16. The van der Waals surface area contributed by atoms with Crippen LogP contribution in [0, 0.1) is 0 Å². The third-order valence-electron chi connectivity index (χ3n) is 2.34. The lowest BCUT2D eigenvalue weighted by Crippen LogP contribution is -2.20. The van der Waals surface area contributed by atoms with Crippen LogP contribution < -0.4 is 5.32 Å². The number of amides is 1. The van der Waals surface area contributed by atoms with E-state index in [4.69, 9.17) is 28.3 Å². The Hall–Kier alpha value is -0.770. The van der Waals surface area contributed by atoms with E-state index in [0.717, 1.165) is 5.56 Å². The Balaban J connectivity index is 2.82. The topological polar surface area (TPSA) is 49.3 Å². The first-order valence-corrected chi connectivity index (χ1v) is 5.67. The third kappa shape index (κ3) is 3.67. The van der Waals surface area contributed by atoms with Gasteiger partial charge in [0.15, 0.2) is 0 Å². The Morgan fingerprint density at radius 2 is 2.12 bits per heavy atom. The lowest BCUT2D eigenvalue weighted by molar-refractivity contribution is -0.109. The number of benzene rings is 1. The van der Waals surface area contributed by atoms with Gasteiger partial charge in [-0.15, -0.1) is 0 Å². The molecule has 1 atom stereocenters. The Morgan fingerprint density at radius 1 is 1.38 bits per heavy atom. The smallest absolute Gasteiger partial charge is 0.207 e. The molecule has 0 aliphatic carbocycles. The number of hydrogen-bond acceptors (Lipinski definition) is 2. The fraction of sp³-hybridized carbons (Fsp3) is 0.364. The summed E-state index contributed by atoms with van der Waals surface area (Å²) in [5, 5.41) is 12.5. The van der Waals surface area contributed by atoms with E-state index < -0.39 is 0 Å². The van der Waals surface area contributed by atoms with Crippen LogP contribution in [0.3, 0.4) is 0 Å². The predicted octanol–water partition coefficient (Wildman–Crippen LogP) is 2.21. The van der Waals surface area contributed by atoms with Crippen LogP contribution in [0.15, 0.2) is 18.2 Å². The SMILES string of the molecule is O=CNC[C@@H](CCO)c1ccc(Cl)c(Cl)c1. The van der Waals surface area contributed by atoms with Crippen LogP contribution in [0.25, 0.3) is 0 Å². The first-order chi connectivity index (χ1) is 7.69. The van der Waals surface area contributed by atoms with Gasteiger partial charge in [0.25, 0.3) is 0 Å². The van der Waals surface area contributed by atoms with Gasteiger partial charge in [0.2, 0.25) is 6.41 Å². The molecule has 0 saturated carbocycles. The Bertz CT molecular complexity index is 358. The average Bonchev–Trinajstić information content (AvgIpc) is 2.28. The van der Waals surface area contributed by atoms with Crippen molar-refractivity contribution in [1.82, 2.24) is 5.32 Å². The molecule has 0 saturated heterocycles. The van der Waals surface area contributed by atoms with Crippen LogP contribution in [0.2, 0.25) is 10.0 Å². The summed E-state index contributed by atoms with van der Waals surface area (Å²) >= 11 is 11.7. The van der Waals surface area contributed by atoms with Crippen molar-refractivity contribution in [3.05, 3.63) is 33.8 Å². The van der Waals surface area contributed by atoms with Gasteiger partial charge in [0.1, 0.15) is 0 Å². The molecule has 0 spiro atoms. The van der Waals surface area contributed by atoms with Gasteiger partial charge in [-0.05, 0) is 24.1 Å². The van der Waals surface area contributed by atoms with Gasteiger partial charge in [-0.1, -0.05) is 29.3 Å². The number of hydrogen-bond donors (Lipinski definition) is 2. The number of aliphatic hydroxyl groups excluding tert-OH is 1. The molecule has 0 unspecified atom stereocenters. The molecule has 2 N–H and O–H groups in total. The molecule has 1 amide bonds. The molecule has 0 heterocycles. The molecule has 0 fully saturated rings. The highest BCUT2D eigenvalue weighted by Gasteiger charge is 2.12. The van der Waals surface area contributed by atoms with E-state index in [1.807, 2.05) is 6.07 Å². The van der Waals surface area contributed by atoms with E-state index >= 15 is 0 Å². The minimum absolute atomic E-state index is 0.0463. The zero-order valence-electron chi connectivity index (χ0n) is 8.62. The number of nitrogens with one attached hydrogen (secondary N) is 1. The van der Waals surface area contributed by atoms with Crippen LogP contribution >= 0.6 is 23.2 Å². The van der Waals surface area contributed by atoms with Crippen LogP contribution in [-0.2, 0) is 4.79 Å². The lowest BCUT2D eigenvalue weighted by atomic mass is 9.96. The maximum Gasteiger partial charge on any atom is 0.207 e. The zero-order chi connectivity index (χ0) is 12.0. The Morgan fingerprint density at radius 3 is 2.69 bits per heavy atom. The van der Waals surface area contributed by atoms with Crippen LogP contribution in [0.4, 0.5) is 0 Å². The maximum atomic E-state index is 10.2. The van der Waals surface area contributed by atoms with Gasteiger partial charge in [-0.2, -0.15) is 0 Å². The fourth-order valence-electron chi connectivity index (χ4n) is 1.50. The molecule has 1 aromatic rings. The summed E-state index contributed by atoms with van der Waals surface area (Å²) in [6.07, 6.45) is 1.21. The molecule has 1 rings (SSSR count). The van der Waals surface area contributed by atoms with Crippen molar-refractivity contribution in [1.29, 1.82) is 0 Å². The van der Waals surface area contributed by atoms with Gasteiger partial charge in [0, 0.05) is 19.1 Å². The van der Waals surface area contributed by atoms with E-state index in [1.54, 1.807) is 12.1 Å². The number of halogens is 2. The number of carbonyl (C=O) groups is 1. The van der Waals surface area contributed by atoms with Crippen LogP contribution in [0.1, 0.15) is 17.9 Å². The van der Waals surface area contributed by atoms with Crippen molar-refractivity contribution in [2.45, 2.75) is 12.3 Å². The van der Waals surface area contributed by atoms with Crippen molar-refractivity contribution in [2.24, 2.45) is 0 Å². The normalized spacial score (nSPS) is 12.2. The first kappa shape index (κ1) is 13.3. The van der Waals surface area contributed by atoms with Gasteiger partial charge in [0.05, 0.1) is 10.0 Å². The molecule has 0 aromatic heterocycles. The number of rotatable bonds is 6. The first-order valence-electron chi connectivity index (χ1n) is 4.92. The molecular formula is C11H13Cl2NO2. The number of aliphatic hydroxyl groups is 1. The highest BCUT2D eigenvalue weighted by molar-refractivity contribution is 6.42. The van der Waals surface area contributed by atoms with Crippen molar-refractivity contribution in [3.63, 3.8) is 0 Å². The molecule has 88 valence electrons. The summed E-state index contributed by atoms with van der Waals surface area (Å²) in [6.45, 7) is 0.535. The molecule has 16 heavy (non-hydrogen) atoms. The van der Waals surface area contributed by atoms with E-state index in [1.165, 1.54) is 0 Å². The van der Waals surface area contributed by atoms with Crippen molar-refractivity contribution < 1.29 is 9.90 Å². The number of carbonyl (C=O) groups excluding carboxylic acids is 1. The quantitative estimate of drug-likeness (QED) is 0.772. The van der Waals surface area contributed by atoms with E-state index in [2.05, 4.69) is 5.32 Å². The van der Waals surface area contributed by atoms with Crippen LogP contribution in [0.5, 0.6) is 0 Å². The second-order valence-corrected chi connectivity index (χ2v) is 4.22. The van der Waals surface area contributed by atoms with Crippen molar-refractivity contribution >= 4 is 29.6 Å². The van der Waals surface area contributed by atoms with Gasteiger partial charge in [-0.3, -0.25) is 4.79 Å². The molecule has 0 aliphatic heterocycles. The van der Waals surface area contributed by atoms with Gasteiger partial charge < -0.3 is 10.4 Å². The van der Waals surface area contributed by atoms with Gasteiger partial charge in [-0.25, -0.2) is 0 Å².